The topological polar surface area (TPSA) is 0 Å². The molecule has 0 saturated carbocycles. The zero-order valence-electron chi connectivity index (χ0n) is 11.9. The Morgan fingerprint density at radius 3 is 1.74 bits per heavy atom. The molecule has 2 radical (unpaired) electrons. The van der Waals surface area contributed by atoms with Crippen molar-refractivity contribution >= 4 is 86.1 Å². The molecular weight excluding hydrogens is 551 g/mol. The van der Waals surface area contributed by atoms with Gasteiger partial charge in [0.15, 0.2) is 0 Å². The first-order valence-corrected chi connectivity index (χ1v) is 21.5. The van der Waals surface area contributed by atoms with Gasteiger partial charge >= 0.3 is 156 Å². The summed E-state index contributed by atoms with van der Waals surface area (Å²) in [4.78, 5) is 0. The normalized spacial score (nSPS) is 15.8. The van der Waals surface area contributed by atoms with Crippen LogP contribution in [0.25, 0.3) is 32.3 Å². The summed E-state index contributed by atoms with van der Waals surface area (Å²) in [7, 11) is -3.09. The summed E-state index contributed by atoms with van der Waals surface area (Å²) >= 11 is 5.64. The van der Waals surface area contributed by atoms with Crippen LogP contribution < -0.4 is 4.46 Å². The van der Waals surface area contributed by atoms with Crippen molar-refractivity contribution in [3.8, 4) is 0 Å². The van der Waals surface area contributed by atoms with Crippen molar-refractivity contribution in [2.24, 2.45) is 0 Å². The number of rotatable bonds is 2. The van der Waals surface area contributed by atoms with E-state index in [-0.39, 0.29) is 11.3 Å². The van der Waals surface area contributed by atoms with Gasteiger partial charge in [0.05, 0.1) is 0 Å². The summed E-state index contributed by atoms with van der Waals surface area (Å²) in [6.45, 7) is 0. The molecule has 0 aliphatic carbocycles. The molecule has 0 heterocycles. The van der Waals surface area contributed by atoms with E-state index in [0.29, 0.717) is 0 Å². The molecule has 114 valence electrons. The molecule has 0 nitrogen and oxygen atoms in total. The minimum absolute atomic E-state index is 0.1000. The molecule has 0 aromatic heterocycles. The summed E-state index contributed by atoms with van der Waals surface area (Å²) in [6, 6.07) is 23.2. The third-order valence-corrected chi connectivity index (χ3v) is 38.5. The molecule has 0 spiro atoms. The fourth-order valence-corrected chi connectivity index (χ4v) is 11.6. The van der Waals surface area contributed by atoms with Crippen LogP contribution in [0.15, 0.2) is 66.7 Å². The number of halogens is 1. The summed E-state index contributed by atoms with van der Waals surface area (Å²) in [6.07, 6.45) is 0. The van der Waals surface area contributed by atoms with E-state index in [1.165, 1.54) is 21.5 Å². The van der Waals surface area contributed by atoms with Crippen LogP contribution in [0.3, 0.4) is 0 Å². The molecule has 5 heteroatoms. The second-order valence-electron chi connectivity index (χ2n) is 5.41. The Balaban J connectivity index is 1.99. The summed E-state index contributed by atoms with van der Waals surface area (Å²) < 4.78 is 15.6. The van der Waals surface area contributed by atoms with E-state index in [2.05, 4.69) is 76.9 Å². The van der Waals surface area contributed by atoms with Crippen molar-refractivity contribution in [1.82, 2.24) is 0 Å². The van der Waals surface area contributed by atoms with Crippen molar-refractivity contribution < 1.29 is 3.55 Å². The molecule has 0 N–H and O–H groups in total. The van der Waals surface area contributed by atoms with Crippen LogP contribution in [0, 0.1) is 0 Å². The van der Waals surface area contributed by atoms with Gasteiger partial charge in [0.25, 0.3) is 0 Å². The Morgan fingerprint density at radius 1 is 0.696 bits per heavy atom. The van der Waals surface area contributed by atoms with Crippen molar-refractivity contribution in [2.75, 3.05) is 0 Å². The molecule has 0 bridgehead atoms. The minimum atomic E-state index is -3.09. The Labute approximate surface area is 155 Å². The zero-order valence-corrected chi connectivity index (χ0v) is 18.7. The van der Waals surface area contributed by atoms with E-state index in [0.717, 1.165) is 15.2 Å². The number of benzene rings is 4. The van der Waals surface area contributed by atoms with E-state index in [4.69, 9.17) is 0 Å². The molecule has 1 atom stereocenters. The molecular formula is C18H11FSe4. The van der Waals surface area contributed by atoms with Gasteiger partial charge in [-0.2, -0.15) is 0 Å². The monoisotopic (exact) mass is 566 g/mol. The van der Waals surface area contributed by atoms with Gasteiger partial charge < -0.3 is 0 Å². The maximum atomic E-state index is 14.7. The van der Waals surface area contributed by atoms with Crippen LogP contribution in [0.4, 0.5) is 3.55 Å². The molecule has 0 aliphatic heterocycles. The first kappa shape index (κ1) is 16.2. The van der Waals surface area contributed by atoms with Gasteiger partial charge in [-0.05, 0) is 0 Å². The average Bonchev–Trinajstić information content (AvgIpc) is 2.57. The summed E-state index contributed by atoms with van der Waals surface area (Å²) in [5.41, 5.74) is 0. The molecule has 0 amide bonds. The summed E-state index contributed by atoms with van der Waals surface area (Å²) in [5.74, 6) is 0. The molecule has 0 fully saturated rings. The van der Waals surface area contributed by atoms with Crippen LogP contribution in [-0.2, 0) is 0 Å². The second kappa shape index (κ2) is 6.19. The standard InChI is InChI=1S/C18H11FSe4/c19-23(21,22-20)18-6-5-14-9-15-7-12-3-1-2-4-13(12)8-16(15)10-17(14)11-18/h1-11H. The van der Waals surface area contributed by atoms with Crippen molar-refractivity contribution in [2.45, 2.75) is 0 Å². The van der Waals surface area contributed by atoms with Gasteiger partial charge in [-0.3, -0.25) is 0 Å². The Hall–Kier alpha value is -0.332. The van der Waals surface area contributed by atoms with Crippen molar-refractivity contribution in [3.05, 3.63) is 66.7 Å². The van der Waals surface area contributed by atoms with Crippen LogP contribution in [0.1, 0.15) is 0 Å². The third-order valence-electron chi connectivity index (χ3n) is 4.00. The second-order valence-corrected chi connectivity index (χ2v) is 33.3. The van der Waals surface area contributed by atoms with Crippen molar-refractivity contribution in [1.29, 1.82) is 0 Å². The van der Waals surface area contributed by atoms with Crippen LogP contribution in [0.2, 0.25) is 0 Å². The number of fused-ring (bicyclic) bond motifs is 3. The van der Waals surface area contributed by atoms with Gasteiger partial charge in [0, 0.05) is 0 Å². The van der Waals surface area contributed by atoms with E-state index < -0.39 is 9.65 Å². The van der Waals surface area contributed by atoms with Gasteiger partial charge in [0.2, 0.25) is 0 Å². The van der Waals surface area contributed by atoms with E-state index in [1.54, 1.807) is 0 Å². The molecule has 23 heavy (non-hydrogen) atoms. The zero-order chi connectivity index (χ0) is 16.0. The fraction of sp³-hybridized carbons (Fsp3) is 0. The predicted octanol–water partition coefficient (Wildman–Crippen LogP) is 3.22. The van der Waals surface area contributed by atoms with Crippen LogP contribution >= 0.6 is 0 Å². The maximum absolute atomic E-state index is 14.7. The molecule has 4 aromatic rings. The van der Waals surface area contributed by atoms with Gasteiger partial charge in [-0.1, -0.05) is 0 Å². The van der Waals surface area contributed by atoms with Gasteiger partial charge in [-0.25, -0.2) is 0 Å². The Morgan fingerprint density at radius 2 is 1.17 bits per heavy atom. The quantitative estimate of drug-likeness (QED) is 0.260. The van der Waals surface area contributed by atoms with Crippen LogP contribution in [-0.4, -0.2) is 49.3 Å². The molecule has 4 rings (SSSR count). The van der Waals surface area contributed by atoms with Crippen LogP contribution in [0.5, 0.6) is 0 Å². The van der Waals surface area contributed by atoms with E-state index in [9.17, 15) is 3.55 Å². The molecule has 0 aliphatic rings. The predicted molar refractivity (Wildman–Crippen MR) is 103 cm³/mol. The van der Waals surface area contributed by atoms with E-state index >= 15 is 0 Å². The van der Waals surface area contributed by atoms with E-state index in [1.807, 2.05) is 18.2 Å². The van der Waals surface area contributed by atoms with Crippen molar-refractivity contribution in [3.63, 3.8) is 0 Å². The molecule has 1 unspecified atom stereocenters. The Kier molecular flexibility index (Phi) is 4.35. The third kappa shape index (κ3) is 3.02. The Bertz CT molecular complexity index is 1040. The van der Waals surface area contributed by atoms with Gasteiger partial charge in [-0.15, -0.1) is 0 Å². The summed E-state index contributed by atoms with van der Waals surface area (Å²) in [5, 5.41) is 7.20. The first-order chi connectivity index (χ1) is 11.1. The SMILES string of the molecule is F[Se]([Se])([Se][Se])c1ccc2cc3cc4ccccc4cc3cc2c1. The van der Waals surface area contributed by atoms with Gasteiger partial charge in [0.1, 0.15) is 0 Å². The average molecular weight is 562 g/mol. The number of hydrogen-bond acceptors (Lipinski definition) is 0. The molecule has 4 aromatic carbocycles. The number of hydrogen-bond donors (Lipinski definition) is 0. The first-order valence-electron chi connectivity index (χ1n) is 6.98. The molecule has 0 saturated heterocycles. The fourth-order valence-electron chi connectivity index (χ4n) is 2.86.